The molecule has 1 fully saturated rings. The van der Waals surface area contributed by atoms with E-state index in [0.717, 1.165) is 12.0 Å². The molecule has 1 aliphatic rings. The van der Waals surface area contributed by atoms with Crippen molar-refractivity contribution in [3.8, 4) is 0 Å². The van der Waals surface area contributed by atoms with Gasteiger partial charge in [0.25, 0.3) is 10.0 Å². The van der Waals surface area contributed by atoms with Crippen LogP contribution in [-0.4, -0.2) is 29.1 Å². The molecule has 0 saturated carbocycles. The van der Waals surface area contributed by atoms with Gasteiger partial charge in [-0.2, -0.15) is 0 Å². The minimum atomic E-state index is -3.85. The summed E-state index contributed by atoms with van der Waals surface area (Å²) in [6.45, 7) is 4.03. The molecule has 1 aliphatic heterocycles. The smallest absolute Gasteiger partial charge is 0.262 e. The number of anilines is 2. The number of benzene rings is 2. The van der Waals surface area contributed by atoms with Crippen molar-refractivity contribution in [1.82, 2.24) is 0 Å². The van der Waals surface area contributed by atoms with E-state index in [2.05, 4.69) is 4.72 Å². The largest absolute Gasteiger partial charge is 0.279 e. The summed E-state index contributed by atoms with van der Waals surface area (Å²) in [5, 5.41) is 0. The number of hydrogen-bond donors (Lipinski definition) is 1. The van der Waals surface area contributed by atoms with Gasteiger partial charge in [0, 0.05) is 6.54 Å². The number of nitrogens with zero attached hydrogens (tertiary/aromatic N) is 1. The first kappa shape index (κ1) is 19.7. The van der Waals surface area contributed by atoms with E-state index in [-0.39, 0.29) is 10.6 Å². The number of hydrogen-bond acceptors (Lipinski definition) is 4. The Hall–Kier alpha value is -2.06. The summed E-state index contributed by atoms with van der Waals surface area (Å²) in [5.74, 6) is 0.0884. The third-order valence-corrected chi connectivity index (χ3v) is 8.12. The van der Waals surface area contributed by atoms with Crippen molar-refractivity contribution in [1.29, 1.82) is 0 Å². The predicted octanol–water partition coefficient (Wildman–Crippen LogP) is 3.29. The molecule has 27 heavy (non-hydrogen) atoms. The van der Waals surface area contributed by atoms with E-state index in [1.54, 1.807) is 31.2 Å². The minimum Gasteiger partial charge on any atom is -0.279 e. The molecule has 2 aromatic rings. The Morgan fingerprint density at radius 1 is 1.11 bits per heavy atom. The zero-order valence-electron chi connectivity index (χ0n) is 15.5. The lowest BCUT2D eigenvalue weighted by Crippen LogP contribution is -2.38. The fourth-order valence-corrected chi connectivity index (χ4v) is 6.24. The maximum atomic E-state index is 13.0. The number of rotatable bonds is 5. The molecule has 0 spiro atoms. The van der Waals surface area contributed by atoms with Crippen molar-refractivity contribution in [3.05, 3.63) is 53.6 Å². The molecule has 8 heteroatoms. The summed E-state index contributed by atoms with van der Waals surface area (Å²) in [6, 6.07) is 12.0. The average molecular weight is 409 g/mol. The Kier molecular flexibility index (Phi) is 5.48. The standard InChI is InChI=1S/C19H24N2O4S2/c1-3-16-8-4-5-9-18(16)20-27(24,25)19-14-17(11-10-15(19)2)21-12-6-7-13-26(21,22)23/h4-5,8-11,14,20H,3,6-7,12-13H2,1-2H3. The van der Waals surface area contributed by atoms with Crippen molar-refractivity contribution in [3.63, 3.8) is 0 Å². The van der Waals surface area contributed by atoms with Gasteiger partial charge in [-0.05, 0) is 55.5 Å². The first-order valence-electron chi connectivity index (χ1n) is 8.96. The van der Waals surface area contributed by atoms with Crippen LogP contribution < -0.4 is 9.03 Å². The maximum Gasteiger partial charge on any atom is 0.262 e. The summed E-state index contributed by atoms with van der Waals surface area (Å²) in [5.41, 5.74) is 2.39. The Balaban J connectivity index is 2.00. The number of para-hydroxylation sites is 1. The normalized spacial score (nSPS) is 16.9. The molecule has 2 aromatic carbocycles. The van der Waals surface area contributed by atoms with Crippen LogP contribution in [0.5, 0.6) is 0 Å². The van der Waals surface area contributed by atoms with Gasteiger partial charge in [-0.3, -0.25) is 9.03 Å². The Morgan fingerprint density at radius 2 is 1.85 bits per heavy atom. The molecule has 0 aliphatic carbocycles. The van der Waals surface area contributed by atoms with Crippen LogP contribution in [0.15, 0.2) is 47.4 Å². The minimum absolute atomic E-state index is 0.0884. The second kappa shape index (κ2) is 7.52. The second-order valence-electron chi connectivity index (χ2n) is 6.66. The van der Waals surface area contributed by atoms with Crippen LogP contribution >= 0.6 is 0 Å². The highest BCUT2D eigenvalue weighted by molar-refractivity contribution is 7.93. The van der Waals surface area contributed by atoms with Gasteiger partial charge in [-0.15, -0.1) is 0 Å². The molecule has 0 amide bonds. The monoisotopic (exact) mass is 408 g/mol. The van der Waals surface area contributed by atoms with Gasteiger partial charge < -0.3 is 0 Å². The summed E-state index contributed by atoms with van der Waals surface area (Å²) in [7, 11) is -7.25. The van der Waals surface area contributed by atoms with Crippen molar-refractivity contribution in [2.45, 2.75) is 38.0 Å². The third-order valence-electron chi connectivity index (χ3n) is 4.74. The van der Waals surface area contributed by atoms with Crippen molar-refractivity contribution in [2.75, 3.05) is 21.3 Å². The lowest BCUT2D eigenvalue weighted by molar-refractivity contribution is 0.574. The Morgan fingerprint density at radius 3 is 2.56 bits per heavy atom. The Bertz CT molecular complexity index is 1050. The van der Waals surface area contributed by atoms with Crippen LogP contribution in [0.25, 0.3) is 0 Å². The fraction of sp³-hybridized carbons (Fsp3) is 0.368. The van der Waals surface area contributed by atoms with Gasteiger partial charge >= 0.3 is 0 Å². The van der Waals surface area contributed by atoms with Crippen molar-refractivity contribution in [2.24, 2.45) is 0 Å². The zero-order chi connectivity index (χ0) is 19.7. The molecule has 146 valence electrons. The Labute approximate surface area is 161 Å². The zero-order valence-corrected chi connectivity index (χ0v) is 17.1. The van der Waals surface area contributed by atoms with E-state index in [1.807, 2.05) is 19.1 Å². The number of aryl methyl sites for hydroxylation is 2. The highest BCUT2D eigenvalue weighted by atomic mass is 32.2. The van der Waals surface area contributed by atoms with Crippen LogP contribution in [0.4, 0.5) is 11.4 Å². The van der Waals surface area contributed by atoms with Gasteiger partial charge in [-0.25, -0.2) is 16.8 Å². The quantitative estimate of drug-likeness (QED) is 0.823. The summed E-state index contributed by atoms with van der Waals surface area (Å²) >= 11 is 0. The summed E-state index contributed by atoms with van der Waals surface area (Å²) in [4.78, 5) is 0.0895. The molecule has 1 N–H and O–H groups in total. The van der Waals surface area contributed by atoms with Crippen LogP contribution in [0.2, 0.25) is 0 Å². The van der Waals surface area contributed by atoms with E-state index in [1.165, 1.54) is 10.4 Å². The molecule has 1 saturated heterocycles. The van der Waals surface area contributed by atoms with Gasteiger partial charge in [-0.1, -0.05) is 31.2 Å². The topological polar surface area (TPSA) is 83.6 Å². The SMILES string of the molecule is CCc1ccccc1NS(=O)(=O)c1cc(N2CCCCS2(=O)=O)ccc1C. The van der Waals surface area contributed by atoms with Gasteiger partial charge in [0.2, 0.25) is 10.0 Å². The lowest BCUT2D eigenvalue weighted by atomic mass is 10.1. The van der Waals surface area contributed by atoms with Crippen LogP contribution in [-0.2, 0) is 26.5 Å². The van der Waals surface area contributed by atoms with E-state index in [9.17, 15) is 16.8 Å². The second-order valence-corrected chi connectivity index (χ2v) is 10.3. The molecule has 1 heterocycles. The van der Waals surface area contributed by atoms with E-state index < -0.39 is 20.0 Å². The van der Waals surface area contributed by atoms with E-state index in [0.29, 0.717) is 36.3 Å². The molecule has 0 radical (unpaired) electrons. The van der Waals surface area contributed by atoms with E-state index >= 15 is 0 Å². The molecule has 6 nitrogen and oxygen atoms in total. The molecular weight excluding hydrogens is 384 g/mol. The summed E-state index contributed by atoms with van der Waals surface area (Å²) in [6.07, 6.45) is 2.09. The average Bonchev–Trinajstić information content (AvgIpc) is 2.62. The van der Waals surface area contributed by atoms with Crippen LogP contribution in [0.3, 0.4) is 0 Å². The molecule has 0 atom stereocenters. The number of sulfonamides is 2. The fourth-order valence-electron chi connectivity index (χ4n) is 3.24. The van der Waals surface area contributed by atoms with Gasteiger partial charge in [0.1, 0.15) is 0 Å². The predicted molar refractivity (Wildman–Crippen MR) is 108 cm³/mol. The van der Waals surface area contributed by atoms with Gasteiger partial charge in [0.05, 0.1) is 22.0 Å². The first-order chi connectivity index (χ1) is 12.7. The molecule has 0 aromatic heterocycles. The summed E-state index contributed by atoms with van der Waals surface area (Å²) < 4.78 is 54.7. The first-order valence-corrected chi connectivity index (χ1v) is 12.1. The molecular formula is C19H24N2O4S2. The molecule has 0 bridgehead atoms. The number of nitrogens with one attached hydrogen (secondary N) is 1. The van der Waals surface area contributed by atoms with Gasteiger partial charge in [0.15, 0.2) is 0 Å². The maximum absolute atomic E-state index is 13.0. The van der Waals surface area contributed by atoms with Crippen LogP contribution in [0, 0.1) is 6.92 Å². The van der Waals surface area contributed by atoms with Crippen molar-refractivity contribution >= 4 is 31.4 Å². The highest BCUT2D eigenvalue weighted by Crippen LogP contribution is 2.29. The van der Waals surface area contributed by atoms with E-state index in [4.69, 9.17) is 0 Å². The lowest BCUT2D eigenvalue weighted by Gasteiger charge is -2.28. The molecule has 3 rings (SSSR count). The third kappa shape index (κ3) is 4.11. The van der Waals surface area contributed by atoms with Crippen LogP contribution in [0.1, 0.15) is 30.9 Å². The molecule has 0 unspecified atom stereocenters. The highest BCUT2D eigenvalue weighted by Gasteiger charge is 2.28. The van der Waals surface area contributed by atoms with Crippen molar-refractivity contribution < 1.29 is 16.8 Å².